The number of rotatable bonds is 10. The summed E-state index contributed by atoms with van der Waals surface area (Å²) in [6.45, 7) is 18.4. The molecule has 11 aliphatic rings. The third-order valence-electron chi connectivity index (χ3n) is 17.1. The zero-order valence-electron chi connectivity index (χ0n) is 38.4. The molecular weight excluding hydrogens is 749 g/mol. The average molecular weight is 829 g/mol. The molecule has 0 spiro atoms. The SMILES string of the molecule is CCC(C)(C)C(=O)OC.CCC(C)(C)C(=O)OC12CC3CC(CC(O)(C3)C1)C2.CCC(C)(C)C(=O)OCOC1C2CC3CC(C2)CC1C3.O=C1OCC2C3CCC(C3)C12. The van der Waals surface area contributed by atoms with Gasteiger partial charge in [0.2, 0.25) is 0 Å². The zero-order valence-corrected chi connectivity index (χ0v) is 38.4. The topological polar surface area (TPSA) is 135 Å². The number of carbonyl (C=O) groups is 4. The first-order chi connectivity index (χ1) is 27.7. The van der Waals surface area contributed by atoms with E-state index in [4.69, 9.17) is 18.9 Å². The van der Waals surface area contributed by atoms with Crippen LogP contribution in [0.2, 0.25) is 0 Å². The summed E-state index contributed by atoms with van der Waals surface area (Å²) < 4.78 is 26.9. The predicted octanol–water partition coefficient (Wildman–Crippen LogP) is 9.62. The van der Waals surface area contributed by atoms with E-state index in [0.717, 1.165) is 81.1 Å². The first-order valence-corrected chi connectivity index (χ1v) is 23.7. The van der Waals surface area contributed by atoms with Gasteiger partial charge in [-0.15, -0.1) is 0 Å². The summed E-state index contributed by atoms with van der Waals surface area (Å²) in [5, 5.41) is 10.6. The average Bonchev–Trinajstić information content (AvgIpc) is 3.90. The minimum atomic E-state index is -0.555. The smallest absolute Gasteiger partial charge is 0.313 e. The van der Waals surface area contributed by atoms with Gasteiger partial charge in [-0.05, 0) is 192 Å². The predicted molar refractivity (Wildman–Crippen MR) is 224 cm³/mol. The number of hydrogen-bond donors (Lipinski definition) is 1. The highest BCUT2D eigenvalue weighted by Crippen LogP contribution is 2.59. The van der Waals surface area contributed by atoms with Gasteiger partial charge in [0.15, 0.2) is 6.79 Å². The van der Waals surface area contributed by atoms with Gasteiger partial charge in [0.05, 0.1) is 47.6 Å². The van der Waals surface area contributed by atoms with E-state index in [0.29, 0.717) is 42.1 Å². The van der Waals surface area contributed by atoms with E-state index in [9.17, 15) is 24.3 Å². The maximum Gasteiger partial charge on any atom is 0.313 e. The summed E-state index contributed by atoms with van der Waals surface area (Å²) in [5.41, 5.74) is -2.03. The Morgan fingerprint density at radius 3 is 1.68 bits per heavy atom. The molecule has 0 amide bonds. The number of hydrogen-bond acceptors (Lipinski definition) is 10. The normalized spacial score (nSPS) is 39.1. The fraction of sp³-hybridized carbons (Fsp3) is 0.918. The first kappa shape index (κ1) is 46.3. The Hall–Kier alpha value is -2.20. The van der Waals surface area contributed by atoms with Crippen LogP contribution in [0.1, 0.15) is 171 Å². The van der Waals surface area contributed by atoms with E-state index in [2.05, 4.69) is 4.74 Å². The molecule has 10 nitrogen and oxygen atoms in total. The van der Waals surface area contributed by atoms with Crippen LogP contribution in [0.25, 0.3) is 0 Å². The molecule has 336 valence electrons. The van der Waals surface area contributed by atoms with E-state index in [1.54, 1.807) is 0 Å². The molecule has 0 aromatic rings. The molecule has 11 fully saturated rings. The second kappa shape index (κ2) is 17.9. The van der Waals surface area contributed by atoms with Crippen LogP contribution in [0, 0.1) is 75.4 Å². The minimum absolute atomic E-state index is 0.0828. The van der Waals surface area contributed by atoms with E-state index >= 15 is 0 Å². The number of cyclic esters (lactones) is 1. The molecule has 0 aromatic carbocycles. The Kier molecular flexibility index (Phi) is 14.0. The highest BCUT2D eigenvalue weighted by Gasteiger charge is 2.60. The van der Waals surface area contributed by atoms with Crippen LogP contribution in [-0.4, -0.2) is 66.8 Å². The molecule has 10 saturated carbocycles. The van der Waals surface area contributed by atoms with Crippen molar-refractivity contribution in [3.05, 3.63) is 0 Å². The highest BCUT2D eigenvalue weighted by molar-refractivity contribution is 5.77. The largest absolute Gasteiger partial charge is 0.469 e. The van der Waals surface area contributed by atoms with Crippen LogP contribution >= 0.6 is 0 Å². The van der Waals surface area contributed by atoms with Gasteiger partial charge < -0.3 is 28.8 Å². The molecule has 0 radical (unpaired) electrons. The first-order valence-electron chi connectivity index (χ1n) is 23.7. The van der Waals surface area contributed by atoms with Crippen molar-refractivity contribution in [3.8, 4) is 0 Å². The summed E-state index contributed by atoms with van der Waals surface area (Å²) in [7, 11) is 1.42. The fourth-order valence-electron chi connectivity index (χ4n) is 13.1. The summed E-state index contributed by atoms with van der Waals surface area (Å²) in [5.74, 6) is 6.68. The fourth-order valence-corrected chi connectivity index (χ4v) is 13.1. The van der Waals surface area contributed by atoms with Crippen LogP contribution in [-0.2, 0) is 42.9 Å². The molecule has 10 heteroatoms. The summed E-state index contributed by atoms with van der Waals surface area (Å²) in [4.78, 5) is 46.4. The third kappa shape index (κ3) is 10.2. The third-order valence-corrected chi connectivity index (χ3v) is 17.1. The summed E-state index contributed by atoms with van der Waals surface area (Å²) in [6.07, 6.45) is 19.2. The van der Waals surface area contributed by atoms with Crippen LogP contribution in [0.5, 0.6) is 0 Å². The van der Waals surface area contributed by atoms with Gasteiger partial charge in [-0.1, -0.05) is 20.8 Å². The van der Waals surface area contributed by atoms with Gasteiger partial charge in [0, 0.05) is 12.3 Å². The Labute approximate surface area is 355 Å². The molecule has 11 rings (SSSR count). The summed E-state index contributed by atoms with van der Waals surface area (Å²) in [6, 6.07) is 0. The van der Waals surface area contributed by atoms with Crippen molar-refractivity contribution in [2.45, 2.75) is 189 Å². The number of carbonyl (C=O) groups excluding carboxylic acids is 4. The number of fused-ring (bicyclic) bond motifs is 5. The van der Waals surface area contributed by atoms with Crippen LogP contribution in [0.3, 0.4) is 0 Å². The van der Waals surface area contributed by atoms with Gasteiger partial charge in [-0.25, -0.2) is 0 Å². The van der Waals surface area contributed by atoms with E-state index < -0.39 is 16.4 Å². The lowest BCUT2D eigenvalue weighted by Crippen LogP contribution is -2.61. The van der Waals surface area contributed by atoms with Gasteiger partial charge in [-0.2, -0.15) is 0 Å². The quantitative estimate of drug-likeness (QED) is 0.129. The van der Waals surface area contributed by atoms with E-state index in [-0.39, 0.29) is 41.7 Å². The van der Waals surface area contributed by atoms with Crippen molar-refractivity contribution in [1.82, 2.24) is 0 Å². The van der Waals surface area contributed by atoms with Gasteiger partial charge in [0.1, 0.15) is 5.60 Å². The van der Waals surface area contributed by atoms with Crippen molar-refractivity contribution in [3.63, 3.8) is 0 Å². The molecule has 1 saturated heterocycles. The van der Waals surface area contributed by atoms with E-state index in [1.807, 2.05) is 62.3 Å². The molecule has 1 heterocycles. The van der Waals surface area contributed by atoms with E-state index in [1.165, 1.54) is 64.9 Å². The minimum Gasteiger partial charge on any atom is -0.469 e. The molecule has 6 atom stereocenters. The monoisotopic (exact) mass is 829 g/mol. The van der Waals surface area contributed by atoms with Crippen LogP contribution in [0.4, 0.5) is 0 Å². The maximum absolute atomic E-state index is 12.4. The molecule has 6 unspecified atom stereocenters. The lowest BCUT2D eigenvalue weighted by Gasteiger charge is -2.59. The number of methoxy groups -OCH3 is 1. The number of ether oxygens (including phenoxy) is 5. The van der Waals surface area contributed by atoms with Crippen molar-refractivity contribution in [1.29, 1.82) is 0 Å². The molecular formula is C49H80O10. The second-order valence-corrected chi connectivity index (χ2v) is 22.7. The lowest BCUT2D eigenvalue weighted by atomic mass is 9.52. The molecule has 0 aromatic heterocycles. The number of esters is 4. The maximum atomic E-state index is 12.4. The van der Waals surface area contributed by atoms with Crippen LogP contribution in [0.15, 0.2) is 0 Å². The van der Waals surface area contributed by atoms with Gasteiger partial charge >= 0.3 is 23.9 Å². The Morgan fingerprint density at radius 2 is 1.19 bits per heavy atom. The van der Waals surface area contributed by atoms with Crippen molar-refractivity contribution in [2.75, 3.05) is 20.5 Å². The summed E-state index contributed by atoms with van der Waals surface area (Å²) >= 11 is 0. The molecule has 59 heavy (non-hydrogen) atoms. The van der Waals surface area contributed by atoms with Crippen LogP contribution < -0.4 is 0 Å². The van der Waals surface area contributed by atoms with Gasteiger partial charge in [-0.3, -0.25) is 19.2 Å². The zero-order chi connectivity index (χ0) is 43.1. The Bertz CT molecular complexity index is 1470. The van der Waals surface area contributed by atoms with Crippen molar-refractivity contribution >= 4 is 23.9 Å². The van der Waals surface area contributed by atoms with Crippen molar-refractivity contribution < 1.29 is 48.0 Å². The molecule has 10 aliphatic carbocycles. The standard InChI is InChI=1S/C17H28O3.C16H26O3.C9H12O2.C7H14O2/c1-4-17(2,3)16(18)20-10-19-15-13-6-11-5-12(8-13)9-14(15)7-11;1-4-14(2,3)13(17)19-16-8-11-5-12(9-16)7-15(18,6-11)10-16;10-9-8-6-2-1-5(3-6)7(8)4-11-9;1-5-7(2,3)6(8)9-4/h11-15H,4-10H2,1-3H3;11-12,18H,4-10H2,1-3H3;5-8H,1-4H2;5H2,1-4H3. The highest BCUT2D eigenvalue weighted by atomic mass is 16.7. The Morgan fingerprint density at radius 1 is 0.678 bits per heavy atom. The van der Waals surface area contributed by atoms with Gasteiger partial charge in [0.25, 0.3) is 0 Å². The molecule has 10 bridgehead atoms. The second-order valence-electron chi connectivity index (χ2n) is 22.7. The lowest BCUT2D eigenvalue weighted by molar-refractivity contribution is -0.225. The number of aliphatic hydroxyl groups is 1. The molecule has 1 aliphatic heterocycles. The van der Waals surface area contributed by atoms with Crippen molar-refractivity contribution in [2.24, 2.45) is 75.4 Å². The Balaban J connectivity index is 0.000000139. The molecule has 1 N–H and O–H groups in total.